The van der Waals surface area contributed by atoms with Crippen molar-refractivity contribution in [1.29, 1.82) is 0 Å². The number of rotatable bonds is 6. The Labute approximate surface area is 142 Å². The highest BCUT2D eigenvalue weighted by Gasteiger charge is 2.05. The summed E-state index contributed by atoms with van der Waals surface area (Å²) in [6.07, 6.45) is 4.76. The van der Waals surface area contributed by atoms with E-state index in [0.717, 1.165) is 12.1 Å². The van der Waals surface area contributed by atoms with Crippen molar-refractivity contribution in [1.82, 2.24) is 9.78 Å². The van der Waals surface area contributed by atoms with Crippen molar-refractivity contribution in [3.63, 3.8) is 0 Å². The predicted octanol–water partition coefficient (Wildman–Crippen LogP) is 3.81. The summed E-state index contributed by atoms with van der Waals surface area (Å²) in [5.74, 6) is 0.00809. The topological polar surface area (TPSA) is 46.9 Å². The Bertz CT molecular complexity index is 791. The van der Waals surface area contributed by atoms with E-state index in [1.54, 1.807) is 6.20 Å². The molecule has 0 spiro atoms. The van der Waals surface area contributed by atoms with Gasteiger partial charge in [-0.3, -0.25) is 9.48 Å². The number of nitrogens with zero attached hydrogens (tertiary/aromatic N) is 2. The van der Waals surface area contributed by atoms with Gasteiger partial charge in [0.2, 0.25) is 5.91 Å². The van der Waals surface area contributed by atoms with Crippen LogP contribution in [0, 0.1) is 6.92 Å². The summed E-state index contributed by atoms with van der Waals surface area (Å²) in [7, 11) is 0. The molecule has 0 unspecified atom stereocenters. The van der Waals surface area contributed by atoms with Crippen molar-refractivity contribution < 1.29 is 4.79 Å². The molecule has 24 heavy (non-hydrogen) atoms. The van der Waals surface area contributed by atoms with E-state index in [1.807, 2.05) is 41.2 Å². The molecule has 0 aliphatic rings. The molecule has 0 saturated heterocycles. The van der Waals surface area contributed by atoms with E-state index in [-0.39, 0.29) is 5.91 Å². The minimum Gasteiger partial charge on any atom is -0.323 e. The quantitative estimate of drug-likeness (QED) is 0.751. The lowest BCUT2D eigenvalue weighted by Gasteiger charge is -2.03. The third-order valence-corrected chi connectivity index (χ3v) is 3.87. The summed E-state index contributed by atoms with van der Waals surface area (Å²) < 4.78 is 1.83. The molecule has 4 nitrogen and oxygen atoms in total. The summed E-state index contributed by atoms with van der Waals surface area (Å²) in [4.78, 5) is 12.0. The highest BCUT2D eigenvalue weighted by molar-refractivity contribution is 5.90. The third-order valence-electron chi connectivity index (χ3n) is 3.87. The summed E-state index contributed by atoms with van der Waals surface area (Å²) in [5.41, 5.74) is 4.33. The van der Waals surface area contributed by atoms with E-state index in [4.69, 9.17) is 0 Å². The Morgan fingerprint density at radius 3 is 2.54 bits per heavy atom. The van der Waals surface area contributed by atoms with Crippen LogP contribution >= 0.6 is 0 Å². The molecule has 0 fully saturated rings. The van der Waals surface area contributed by atoms with Crippen molar-refractivity contribution in [3.8, 4) is 0 Å². The molecule has 1 heterocycles. The molecule has 1 amide bonds. The van der Waals surface area contributed by atoms with Gasteiger partial charge in [0.15, 0.2) is 0 Å². The maximum absolute atomic E-state index is 12.0. The minimum atomic E-state index is 0.00809. The lowest BCUT2D eigenvalue weighted by molar-refractivity contribution is -0.116. The monoisotopic (exact) mass is 319 g/mol. The van der Waals surface area contributed by atoms with Crippen LogP contribution in [0.3, 0.4) is 0 Å². The van der Waals surface area contributed by atoms with Crippen LogP contribution in [0.25, 0.3) is 0 Å². The Kier molecular flexibility index (Phi) is 5.06. The summed E-state index contributed by atoms with van der Waals surface area (Å²) >= 11 is 0. The lowest BCUT2D eigenvalue weighted by Crippen LogP contribution is -2.11. The summed E-state index contributed by atoms with van der Waals surface area (Å²) in [6, 6.07) is 18.4. The molecular formula is C20H21N3O. The Morgan fingerprint density at radius 1 is 1.04 bits per heavy atom. The fourth-order valence-corrected chi connectivity index (χ4v) is 2.52. The molecule has 0 aliphatic heterocycles. The normalized spacial score (nSPS) is 10.5. The number of anilines is 1. The molecule has 0 bridgehead atoms. The number of aryl methyl sites for hydroxylation is 2. The van der Waals surface area contributed by atoms with Crippen molar-refractivity contribution in [2.45, 2.75) is 26.3 Å². The van der Waals surface area contributed by atoms with Crippen molar-refractivity contribution in [2.75, 3.05) is 5.32 Å². The molecule has 1 aromatic heterocycles. The Balaban J connectivity index is 1.51. The standard InChI is InChI=1S/C20H21N3O/c1-16-7-9-18(10-8-16)14-23-15-19(13-21-23)22-20(24)12-11-17-5-3-2-4-6-17/h2-10,13,15H,11-12,14H2,1H3,(H,22,24). The molecule has 4 heteroatoms. The zero-order valence-corrected chi connectivity index (χ0v) is 13.8. The van der Waals surface area contributed by atoms with E-state index >= 15 is 0 Å². The van der Waals surface area contributed by atoms with Gasteiger partial charge in [-0.25, -0.2) is 0 Å². The van der Waals surface area contributed by atoms with Crippen molar-refractivity contribution >= 4 is 11.6 Å². The highest BCUT2D eigenvalue weighted by Crippen LogP contribution is 2.10. The first-order valence-corrected chi connectivity index (χ1v) is 8.11. The van der Waals surface area contributed by atoms with E-state index in [1.165, 1.54) is 16.7 Å². The average Bonchev–Trinajstić information content (AvgIpc) is 3.03. The van der Waals surface area contributed by atoms with E-state index in [2.05, 4.69) is 41.6 Å². The highest BCUT2D eigenvalue weighted by atomic mass is 16.1. The second-order valence-electron chi connectivity index (χ2n) is 5.95. The number of amides is 1. The summed E-state index contributed by atoms with van der Waals surface area (Å²) in [5, 5.41) is 7.21. The first-order valence-electron chi connectivity index (χ1n) is 8.11. The number of nitrogens with one attached hydrogen (secondary N) is 1. The van der Waals surface area contributed by atoms with Gasteiger partial charge in [0.1, 0.15) is 0 Å². The zero-order valence-electron chi connectivity index (χ0n) is 13.8. The molecule has 0 aliphatic carbocycles. The number of carbonyl (C=O) groups is 1. The van der Waals surface area contributed by atoms with Gasteiger partial charge in [0.25, 0.3) is 0 Å². The molecular weight excluding hydrogens is 298 g/mol. The third kappa shape index (κ3) is 4.56. The predicted molar refractivity (Wildman–Crippen MR) is 95.9 cm³/mol. The lowest BCUT2D eigenvalue weighted by atomic mass is 10.1. The number of hydrogen-bond acceptors (Lipinski definition) is 2. The van der Waals surface area contributed by atoms with E-state index < -0.39 is 0 Å². The van der Waals surface area contributed by atoms with Crippen LogP contribution in [0.5, 0.6) is 0 Å². The Hall–Kier alpha value is -2.88. The Morgan fingerprint density at radius 2 is 1.79 bits per heavy atom. The van der Waals surface area contributed by atoms with Crippen LogP contribution in [0.2, 0.25) is 0 Å². The molecule has 3 aromatic rings. The van der Waals surface area contributed by atoms with Crippen LogP contribution < -0.4 is 5.32 Å². The molecule has 2 aromatic carbocycles. The van der Waals surface area contributed by atoms with Gasteiger partial charge in [-0.15, -0.1) is 0 Å². The number of carbonyl (C=O) groups excluding carboxylic acids is 1. The first-order chi connectivity index (χ1) is 11.7. The summed E-state index contributed by atoms with van der Waals surface area (Å²) in [6.45, 7) is 2.76. The van der Waals surface area contributed by atoms with Gasteiger partial charge in [-0.1, -0.05) is 60.2 Å². The van der Waals surface area contributed by atoms with Crippen LogP contribution in [0.15, 0.2) is 67.0 Å². The van der Waals surface area contributed by atoms with Crippen LogP contribution in [-0.2, 0) is 17.8 Å². The number of aromatic nitrogens is 2. The van der Waals surface area contributed by atoms with Crippen LogP contribution in [-0.4, -0.2) is 15.7 Å². The maximum Gasteiger partial charge on any atom is 0.224 e. The second kappa shape index (κ2) is 7.59. The van der Waals surface area contributed by atoms with Gasteiger partial charge >= 0.3 is 0 Å². The first kappa shape index (κ1) is 16.0. The molecule has 3 rings (SSSR count). The largest absolute Gasteiger partial charge is 0.323 e. The van der Waals surface area contributed by atoms with Gasteiger partial charge in [-0.05, 0) is 24.5 Å². The fourth-order valence-electron chi connectivity index (χ4n) is 2.52. The van der Waals surface area contributed by atoms with Gasteiger partial charge in [0, 0.05) is 12.6 Å². The van der Waals surface area contributed by atoms with Crippen molar-refractivity contribution in [2.24, 2.45) is 0 Å². The molecule has 122 valence electrons. The number of hydrogen-bond donors (Lipinski definition) is 1. The van der Waals surface area contributed by atoms with Gasteiger partial charge in [0.05, 0.1) is 18.4 Å². The van der Waals surface area contributed by atoms with E-state index in [0.29, 0.717) is 13.0 Å². The SMILES string of the molecule is Cc1ccc(Cn2cc(NC(=O)CCc3ccccc3)cn2)cc1. The van der Waals surface area contributed by atoms with Crippen LogP contribution in [0.4, 0.5) is 5.69 Å². The second-order valence-corrected chi connectivity index (χ2v) is 5.95. The molecule has 0 saturated carbocycles. The minimum absolute atomic E-state index is 0.00809. The average molecular weight is 319 g/mol. The molecule has 1 N–H and O–H groups in total. The molecule has 0 radical (unpaired) electrons. The van der Waals surface area contributed by atoms with Gasteiger partial charge < -0.3 is 5.32 Å². The van der Waals surface area contributed by atoms with Gasteiger partial charge in [-0.2, -0.15) is 5.10 Å². The number of benzene rings is 2. The maximum atomic E-state index is 12.0. The molecule has 0 atom stereocenters. The smallest absolute Gasteiger partial charge is 0.224 e. The van der Waals surface area contributed by atoms with Crippen LogP contribution in [0.1, 0.15) is 23.1 Å². The fraction of sp³-hybridized carbons (Fsp3) is 0.200. The zero-order chi connectivity index (χ0) is 16.8. The van der Waals surface area contributed by atoms with E-state index in [9.17, 15) is 4.79 Å². The van der Waals surface area contributed by atoms with Crippen molar-refractivity contribution in [3.05, 3.63) is 83.7 Å².